The maximum absolute atomic E-state index is 11.9. The van der Waals surface area contributed by atoms with Gasteiger partial charge < -0.3 is 23.7 Å². The molecule has 0 aromatic heterocycles. The van der Waals surface area contributed by atoms with Crippen LogP contribution in [0.5, 0.6) is 0 Å². The quantitative estimate of drug-likeness (QED) is 0.234. The Morgan fingerprint density at radius 1 is 0.769 bits per heavy atom. The topological polar surface area (TPSA) is 97.4 Å². The number of benzene rings is 1. The highest BCUT2D eigenvalue weighted by atomic mass is 32.2. The zero-order valence-electron chi connectivity index (χ0n) is 14.9. The standard InChI is InChI=1S/C17H26O8S/c1-16-2-4-17(5-3-16)26(19,20)25-15-14-24-13-12-23-11-10-22-9-8-21-7-6-18/h2-6H,7-15H2,1H3. The molecule has 0 saturated heterocycles. The van der Waals surface area contributed by atoms with Crippen molar-refractivity contribution in [2.24, 2.45) is 0 Å². The Morgan fingerprint density at radius 3 is 1.73 bits per heavy atom. The zero-order chi connectivity index (χ0) is 19.1. The van der Waals surface area contributed by atoms with Crippen LogP contribution in [-0.4, -0.2) is 74.2 Å². The van der Waals surface area contributed by atoms with Crippen LogP contribution in [0.15, 0.2) is 29.2 Å². The molecule has 0 unspecified atom stereocenters. The van der Waals surface area contributed by atoms with Crippen LogP contribution < -0.4 is 0 Å². The number of aryl methyl sites for hydroxylation is 1. The number of carbonyl (C=O) groups is 1. The molecule has 0 amide bonds. The summed E-state index contributed by atoms with van der Waals surface area (Å²) >= 11 is 0. The average molecular weight is 390 g/mol. The monoisotopic (exact) mass is 390 g/mol. The smallest absolute Gasteiger partial charge is 0.297 e. The van der Waals surface area contributed by atoms with E-state index in [1.165, 1.54) is 12.1 Å². The Hall–Kier alpha value is -1.36. The SMILES string of the molecule is Cc1ccc(S(=O)(=O)OCCOCCOCCOCCOCC=O)cc1. The molecule has 8 nitrogen and oxygen atoms in total. The van der Waals surface area contributed by atoms with E-state index in [0.717, 1.165) is 5.56 Å². The maximum atomic E-state index is 11.9. The molecule has 148 valence electrons. The molecular weight excluding hydrogens is 364 g/mol. The number of hydrogen-bond acceptors (Lipinski definition) is 8. The average Bonchev–Trinajstić information content (AvgIpc) is 2.62. The van der Waals surface area contributed by atoms with E-state index < -0.39 is 10.1 Å². The highest BCUT2D eigenvalue weighted by Crippen LogP contribution is 2.12. The Kier molecular flexibility index (Phi) is 12.0. The molecule has 0 spiro atoms. The summed E-state index contributed by atoms with van der Waals surface area (Å²) in [5.41, 5.74) is 0.976. The number of ether oxygens (including phenoxy) is 4. The minimum absolute atomic E-state index is 0.0554. The Morgan fingerprint density at radius 2 is 1.23 bits per heavy atom. The van der Waals surface area contributed by atoms with Crippen LogP contribution in [0.25, 0.3) is 0 Å². The second-order valence-electron chi connectivity index (χ2n) is 5.17. The van der Waals surface area contributed by atoms with Crippen LogP contribution in [0.2, 0.25) is 0 Å². The van der Waals surface area contributed by atoms with Gasteiger partial charge in [-0.2, -0.15) is 8.42 Å². The lowest BCUT2D eigenvalue weighted by Crippen LogP contribution is -2.15. The first kappa shape index (κ1) is 22.7. The van der Waals surface area contributed by atoms with Crippen molar-refractivity contribution < 1.29 is 36.3 Å². The molecule has 0 aliphatic heterocycles. The van der Waals surface area contributed by atoms with Gasteiger partial charge in [-0.05, 0) is 19.1 Å². The lowest BCUT2D eigenvalue weighted by molar-refractivity contribution is -0.112. The fourth-order valence-corrected chi connectivity index (χ4v) is 2.66. The predicted octanol–water partition coefficient (Wildman–Crippen LogP) is 0.966. The van der Waals surface area contributed by atoms with Gasteiger partial charge in [0, 0.05) is 0 Å². The molecule has 0 saturated carbocycles. The predicted molar refractivity (Wildman–Crippen MR) is 93.7 cm³/mol. The van der Waals surface area contributed by atoms with Gasteiger partial charge in [0.05, 0.1) is 57.8 Å². The van der Waals surface area contributed by atoms with Crippen molar-refractivity contribution >= 4 is 16.4 Å². The van der Waals surface area contributed by atoms with Gasteiger partial charge in [0.2, 0.25) is 0 Å². The molecule has 0 aliphatic carbocycles. The van der Waals surface area contributed by atoms with Gasteiger partial charge in [0.1, 0.15) is 12.9 Å². The van der Waals surface area contributed by atoms with E-state index in [4.69, 9.17) is 23.1 Å². The van der Waals surface area contributed by atoms with Gasteiger partial charge >= 0.3 is 0 Å². The van der Waals surface area contributed by atoms with Crippen molar-refractivity contribution in [3.8, 4) is 0 Å². The van der Waals surface area contributed by atoms with Crippen molar-refractivity contribution in [3.63, 3.8) is 0 Å². The fourth-order valence-electron chi connectivity index (χ4n) is 1.77. The van der Waals surface area contributed by atoms with Gasteiger partial charge in [0.25, 0.3) is 10.1 Å². The van der Waals surface area contributed by atoms with E-state index in [1.54, 1.807) is 12.1 Å². The highest BCUT2D eigenvalue weighted by molar-refractivity contribution is 7.86. The van der Waals surface area contributed by atoms with Gasteiger partial charge in [-0.1, -0.05) is 17.7 Å². The second kappa shape index (κ2) is 13.8. The van der Waals surface area contributed by atoms with Crippen molar-refractivity contribution in [2.45, 2.75) is 11.8 Å². The summed E-state index contributed by atoms with van der Waals surface area (Å²) in [4.78, 5) is 10.1. The Balaban J connectivity index is 1.94. The zero-order valence-corrected chi connectivity index (χ0v) is 15.7. The Bertz CT molecular complexity index is 585. The van der Waals surface area contributed by atoms with Gasteiger partial charge in [-0.3, -0.25) is 4.18 Å². The molecule has 0 fully saturated rings. The molecule has 0 aliphatic rings. The third-order valence-electron chi connectivity index (χ3n) is 3.08. The fraction of sp³-hybridized carbons (Fsp3) is 0.588. The van der Waals surface area contributed by atoms with Crippen molar-refractivity contribution in [1.82, 2.24) is 0 Å². The van der Waals surface area contributed by atoms with Crippen molar-refractivity contribution in [2.75, 3.05) is 59.5 Å². The summed E-state index contributed by atoms with van der Waals surface area (Å²) in [5, 5.41) is 0. The molecule has 0 radical (unpaired) electrons. The van der Waals surface area contributed by atoms with Crippen molar-refractivity contribution in [1.29, 1.82) is 0 Å². The number of carbonyl (C=O) groups excluding carboxylic acids is 1. The molecule has 1 rings (SSSR count). The van der Waals surface area contributed by atoms with E-state index >= 15 is 0 Å². The van der Waals surface area contributed by atoms with Gasteiger partial charge in [-0.25, -0.2) is 0 Å². The third-order valence-corrected chi connectivity index (χ3v) is 4.40. The lowest BCUT2D eigenvalue weighted by Gasteiger charge is -2.08. The normalized spacial score (nSPS) is 11.6. The summed E-state index contributed by atoms with van der Waals surface area (Å²) < 4.78 is 49.4. The van der Waals surface area contributed by atoms with E-state index in [2.05, 4.69) is 0 Å². The third kappa shape index (κ3) is 10.6. The molecule has 1 aromatic rings. The van der Waals surface area contributed by atoms with Crippen LogP contribution >= 0.6 is 0 Å². The Labute approximate surface area is 154 Å². The first-order chi connectivity index (χ1) is 12.6. The van der Waals surface area contributed by atoms with Crippen LogP contribution in [0.3, 0.4) is 0 Å². The molecule has 9 heteroatoms. The molecule has 0 N–H and O–H groups in total. The highest BCUT2D eigenvalue weighted by Gasteiger charge is 2.14. The van der Waals surface area contributed by atoms with E-state index in [-0.39, 0.29) is 24.7 Å². The van der Waals surface area contributed by atoms with Crippen LogP contribution in [0.1, 0.15) is 5.56 Å². The van der Waals surface area contributed by atoms with Crippen LogP contribution in [0, 0.1) is 6.92 Å². The molecule has 26 heavy (non-hydrogen) atoms. The molecular formula is C17H26O8S. The van der Waals surface area contributed by atoms with E-state index in [0.29, 0.717) is 45.9 Å². The van der Waals surface area contributed by atoms with Crippen molar-refractivity contribution in [3.05, 3.63) is 29.8 Å². The van der Waals surface area contributed by atoms with E-state index in [9.17, 15) is 13.2 Å². The van der Waals surface area contributed by atoms with Gasteiger partial charge in [-0.15, -0.1) is 0 Å². The minimum Gasteiger partial charge on any atom is -0.377 e. The summed E-state index contributed by atoms with van der Waals surface area (Å²) in [7, 11) is -3.75. The summed E-state index contributed by atoms with van der Waals surface area (Å²) in [5.74, 6) is 0. The number of hydrogen-bond donors (Lipinski definition) is 0. The van der Waals surface area contributed by atoms with Gasteiger partial charge in [0.15, 0.2) is 0 Å². The molecule has 0 heterocycles. The first-order valence-electron chi connectivity index (χ1n) is 8.27. The number of rotatable bonds is 16. The molecule has 1 aromatic carbocycles. The molecule has 0 atom stereocenters. The van der Waals surface area contributed by atoms with E-state index in [1.807, 2.05) is 6.92 Å². The largest absolute Gasteiger partial charge is 0.377 e. The second-order valence-corrected chi connectivity index (χ2v) is 6.78. The maximum Gasteiger partial charge on any atom is 0.297 e. The minimum atomic E-state index is -3.75. The molecule has 0 bridgehead atoms. The summed E-state index contributed by atoms with van der Waals surface area (Å²) in [6, 6.07) is 6.45. The summed E-state index contributed by atoms with van der Waals surface area (Å²) in [6.45, 7) is 4.35. The van der Waals surface area contributed by atoms with Crippen LogP contribution in [0.4, 0.5) is 0 Å². The van der Waals surface area contributed by atoms with Crippen LogP contribution in [-0.2, 0) is 38.0 Å². The number of aldehydes is 1. The first-order valence-corrected chi connectivity index (χ1v) is 9.68. The summed E-state index contributed by atoms with van der Waals surface area (Å²) in [6.07, 6.45) is 0.687. The lowest BCUT2D eigenvalue weighted by atomic mass is 10.2.